The van der Waals surface area contributed by atoms with Gasteiger partial charge in [-0.2, -0.15) is 0 Å². The van der Waals surface area contributed by atoms with E-state index in [4.69, 9.17) is 27.9 Å². The zero-order valence-corrected chi connectivity index (χ0v) is 21.1. The van der Waals surface area contributed by atoms with E-state index in [9.17, 15) is 19.2 Å². The molecule has 7 atom stereocenters. The number of allylic oxidation sites excluding steroid dienone is 2. The molecule has 2 aliphatic heterocycles. The molecule has 4 aliphatic carbocycles. The molecule has 188 valence electrons. The lowest BCUT2D eigenvalue weighted by Gasteiger charge is -2.37. The molecule has 6 aliphatic rings. The zero-order chi connectivity index (χ0) is 25.6. The largest absolute Gasteiger partial charge is 0.426 e. The fraction of sp³-hybridized carbons (Fsp3) is 0.357. The highest BCUT2D eigenvalue weighted by Crippen LogP contribution is 2.65. The van der Waals surface area contributed by atoms with Crippen LogP contribution in [0.4, 0.5) is 11.4 Å². The number of amides is 3. The Morgan fingerprint density at radius 1 is 0.919 bits per heavy atom. The maximum atomic E-state index is 13.4. The molecule has 3 amide bonds. The molecular formula is C28H22Cl2N2O5. The minimum atomic E-state index is -0.697. The molecule has 4 fully saturated rings. The molecule has 0 spiro atoms. The van der Waals surface area contributed by atoms with Crippen LogP contribution in [0.2, 0.25) is 10.0 Å². The van der Waals surface area contributed by atoms with E-state index in [0.29, 0.717) is 33.3 Å². The van der Waals surface area contributed by atoms with E-state index in [1.165, 1.54) is 9.80 Å². The summed E-state index contributed by atoms with van der Waals surface area (Å²) in [5.41, 5.74) is 0.850. The van der Waals surface area contributed by atoms with E-state index in [-0.39, 0.29) is 60.1 Å². The predicted octanol–water partition coefficient (Wildman–Crippen LogP) is 4.51. The first-order valence-corrected chi connectivity index (χ1v) is 13.2. The Morgan fingerprint density at radius 3 is 2.32 bits per heavy atom. The lowest BCUT2D eigenvalue weighted by molar-refractivity contribution is -0.139. The highest BCUT2D eigenvalue weighted by molar-refractivity contribution is 6.36. The summed E-state index contributed by atoms with van der Waals surface area (Å²) in [5.74, 6) is -0.915. The first-order valence-electron chi connectivity index (χ1n) is 12.4. The molecule has 0 N–H and O–H groups in total. The Labute approximate surface area is 222 Å². The van der Waals surface area contributed by atoms with E-state index in [2.05, 4.69) is 12.2 Å². The molecule has 2 saturated heterocycles. The van der Waals surface area contributed by atoms with Crippen molar-refractivity contribution in [2.45, 2.75) is 12.8 Å². The van der Waals surface area contributed by atoms with Crippen LogP contribution >= 0.6 is 23.2 Å². The second-order valence-corrected chi connectivity index (χ2v) is 11.4. The summed E-state index contributed by atoms with van der Waals surface area (Å²) in [4.78, 5) is 55.1. The van der Waals surface area contributed by atoms with E-state index in [0.717, 1.165) is 6.42 Å². The van der Waals surface area contributed by atoms with Crippen molar-refractivity contribution < 1.29 is 23.9 Å². The molecule has 7 nitrogen and oxygen atoms in total. The van der Waals surface area contributed by atoms with Crippen molar-refractivity contribution in [3.8, 4) is 5.75 Å². The molecule has 2 aromatic carbocycles. The SMILES string of the molecule is O=C(Oc1cccc(N2C(=O)[C@@H]3[C@H]4C=C[C@@H]([C@@H]5C[C@H]45)[C@H]3C2=O)c1)[C@H]1CC(=O)N(c2cc(Cl)ccc2Cl)C1. The number of halogens is 2. The van der Waals surface area contributed by atoms with Crippen molar-refractivity contribution in [3.63, 3.8) is 0 Å². The van der Waals surface area contributed by atoms with Crippen molar-refractivity contribution in [2.75, 3.05) is 16.3 Å². The highest BCUT2D eigenvalue weighted by atomic mass is 35.5. The standard InChI is InChI=1S/C28H22Cl2N2O5/c29-14-4-7-21(30)22(9-14)31-12-13(8-23(31)33)28(36)37-16-3-1-2-15(10-16)32-26(34)24-17-5-6-18(20-11-19(17)20)25(24)27(32)35/h1-7,9-10,13,17-20,24-25H,8,11-12H2/t13-,17-,18-,19-,20+,24+,25+/m0/s1. The minimum absolute atomic E-state index is 0.0219. The number of carbonyl (C=O) groups is 4. The molecule has 2 bridgehead atoms. The minimum Gasteiger partial charge on any atom is -0.426 e. The second-order valence-electron chi connectivity index (χ2n) is 10.6. The van der Waals surface area contributed by atoms with Crippen LogP contribution in [0.1, 0.15) is 12.8 Å². The number of anilines is 2. The number of esters is 1. The van der Waals surface area contributed by atoms with Crippen LogP contribution in [0.5, 0.6) is 5.75 Å². The lowest BCUT2D eigenvalue weighted by Crippen LogP contribution is -2.40. The lowest BCUT2D eigenvalue weighted by atomic mass is 9.63. The summed E-state index contributed by atoms with van der Waals surface area (Å²) >= 11 is 12.3. The van der Waals surface area contributed by atoms with Gasteiger partial charge in [0.2, 0.25) is 17.7 Å². The van der Waals surface area contributed by atoms with Crippen LogP contribution in [-0.4, -0.2) is 30.2 Å². The topological polar surface area (TPSA) is 84.0 Å². The van der Waals surface area contributed by atoms with Gasteiger partial charge < -0.3 is 9.64 Å². The average Bonchev–Trinajstić information content (AvgIpc) is 3.56. The third-order valence-corrected chi connectivity index (χ3v) is 9.17. The number of hydrogen-bond donors (Lipinski definition) is 0. The van der Waals surface area contributed by atoms with E-state index < -0.39 is 11.9 Å². The monoisotopic (exact) mass is 536 g/mol. The smallest absolute Gasteiger partial charge is 0.316 e. The van der Waals surface area contributed by atoms with Crippen LogP contribution in [0, 0.1) is 41.4 Å². The molecule has 0 radical (unpaired) electrons. The van der Waals surface area contributed by atoms with Crippen molar-refractivity contribution in [1.29, 1.82) is 0 Å². The summed E-state index contributed by atoms with van der Waals surface area (Å²) in [7, 11) is 0. The second kappa shape index (κ2) is 8.17. The number of ether oxygens (including phenoxy) is 1. The molecule has 2 aromatic rings. The van der Waals surface area contributed by atoms with Crippen molar-refractivity contribution >= 4 is 58.3 Å². The van der Waals surface area contributed by atoms with Gasteiger partial charge in [0.05, 0.1) is 34.2 Å². The Balaban J connectivity index is 1.08. The maximum absolute atomic E-state index is 13.4. The fourth-order valence-electron chi connectivity index (χ4n) is 6.89. The van der Waals surface area contributed by atoms with Crippen molar-refractivity contribution in [3.05, 3.63) is 64.7 Å². The van der Waals surface area contributed by atoms with Crippen LogP contribution in [0.25, 0.3) is 0 Å². The van der Waals surface area contributed by atoms with Crippen molar-refractivity contribution in [2.24, 2.45) is 41.4 Å². The first kappa shape index (κ1) is 23.0. The van der Waals surface area contributed by atoms with E-state index in [1.807, 2.05) is 0 Å². The zero-order valence-electron chi connectivity index (χ0n) is 19.6. The normalized spacial score (nSPS) is 33.1. The van der Waals surface area contributed by atoms with Gasteiger partial charge in [-0.3, -0.25) is 19.2 Å². The van der Waals surface area contributed by atoms with Gasteiger partial charge in [-0.05, 0) is 60.4 Å². The number of benzene rings is 2. The fourth-order valence-corrected chi connectivity index (χ4v) is 7.27. The molecule has 37 heavy (non-hydrogen) atoms. The summed E-state index contributed by atoms with van der Waals surface area (Å²) in [6.07, 6.45) is 5.35. The maximum Gasteiger partial charge on any atom is 0.316 e. The summed E-state index contributed by atoms with van der Waals surface area (Å²) < 4.78 is 5.61. The van der Waals surface area contributed by atoms with Gasteiger partial charge in [-0.15, -0.1) is 0 Å². The number of nitrogens with zero attached hydrogens (tertiary/aromatic N) is 2. The van der Waals surface area contributed by atoms with Gasteiger partial charge in [-0.25, -0.2) is 4.90 Å². The molecule has 8 rings (SSSR count). The van der Waals surface area contributed by atoms with Gasteiger partial charge >= 0.3 is 5.97 Å². The van der Waals surface area contributed by atoms with E-state index >= 15 is 0 Å². The quantitative estimate of drug-likeness (QED) is 0.248. The Kier molecular flexibility index (Phi) is 5.08. The highest BCUT2D eigenvalue weighted by Gasteiger charge is 2.67. The molecular weight excluding hydrogens is 515 g/mol. The Morgan fingerprint density at radius 2 is 1.62 bits per heavy atom. The molecule has 2 heterocycles. The predicted molar refractivity (Wildman–Crippen MR) is 136 cm³/mol. The van der Waals surface area contributed by atoms with Gasteiger partial charge in [0.25, 0.3) is 0 Å². The average molecular weight is 537 g/mol. The van der Waals surface area contributed by atoms with Gasteiger partial charge in [0.15, 0.2) is 0 Å². The summed E-state index contributed by atoms with van der Waals surface area (Å²) in [6, 6.07) is 11.3. The molecule has 2 saturated carbocycles. The van der Waals surface area contributed by atoms with Gasteiger partial charge in [0, 0.05) is 24.1 Å². The summed E-state index contributed by atoms with van der Waals surface area (Å²) in [5, 5.41) is 0.794. The number of rotatable bonds is 4. The summed E-state index contributed by atoms with van der Waals surface area (Å²) in [6.45, 7) is 0.113. The van der Waals surface area contributed by atoms with Crippen LogP contribution in [-0.2, 0) is 19.2 Å². The first-order chi connectivity index (χ1) is 17.8. The third-order valence-electron chi connectivity index (χ3n) is 8.61. The van der Waals surface area contributed by atoms with Crippen LogP contribution in [0.3, 0.4) is 0 Å². The van der Waals surface area contributed by atoms with Crippen molar-refractivity contribution in [1.82, 2.24) is 0 Å². The molecule has 0 unspecified atom stereocenters. The Hall–Kier alpha value is -3.16. The number of carbonyl (C=O) groups excluding carboxylic acids is 4. The number of imide groups is 1. The van der Waals surface area contributed by atoms with E-state index in [1.54, 1.807) is 42.5 Å². The van der Waals surface area contributed by atoms with Gasteiger partial charge in [0.1, 0.15) is 5.75 Å². The molecule has 9 heteroatoms. The number of hydrogen-bond acceptors (Lipinski definition) is 5. The third kappa shape index (κ3) is 3.47. The Bertz CT molecular complexity index is 1390. The van der Waals surface area contributed by atoms with Crippen LogP contribution < -0.4 is 14.5 Å². The van der Waals surface area contributed by atoms with Crippen LogP contribution in [0.15, 0.2) is 54.6 Å². The molecule has 0 aromatic heterocycles. The van der Waals surface area contributed by atoms with Gasteiger partial charge in [-0.1, -0.05) is 41.4 Å².